The van der Waals surface area contributed by atoms with Crippen molar-refractivity contribution in [1.82, 2.24) is 0 Å². The van der Waals surface area contributed by atoms with Gasteiger partial charge in [-0.05, 0) is 23.3 Å². The van der Waals surface area contributed by atoms with Gasteiger partial charge in [-0.2, -0.15) is 0 Å². The summed E-state index contributed by atoms with van der Waals surface area (Å²) in [6.07, 6.45) is 0. The average molecular weight is 268 g/mol. The van der Waals surface area contributed by atoms with Crippen LogP contribution in [0.5, 0.6) is 0 Å². The van der Waals surface area contributed by atoms with Crippen molar-refractivity contribution in [2.75, 3.05) is 0 Å². The molecule has 0 bridgehead atoms. The SMILES string of the molecule is C=C(O)c1ccc(C(C)c2ccc(C(=O)O)cc2)cc1. The summed E-state index contributed by atoms with van der Waals surface area (Å²) in [6, 6.07) is 14.4. The fourth-order valence-corrected chi connectivity index (χ4v) is 2.07. The second kappa shape index (κ2) is 5.61. The Hall–Kier alpha value is -2.55. The van der Waals surface area contributed by atoms with Gasteiger partial charge in [0.15, 0.2) is 0 Å². The van der Waals surface area contributed by atoms with Crippen LogP contribution in [0.2, 0.25) is 0 Å². The van der Waals surface area contributed by atoms with E-state index in [4.69, 9.17) is 5.11 Å². The Morgan fingerprint density at radius 3 is 1.65 bits per heavy atom. The van der Waals surface area contributed by atoms with Gasteiger partial charge < -0.3 is 10.2 Å². The van der Waals surface area contributed by atoms with Gasteiger partial charge in [-0.1, -0.05) is 49.9 Å². The molecule has 0 aromatic heterocycles. The molecule has 2 N–H and O–H groups in total. The van der Waals surface area contributed by atoms with E-state index in [9.17, 15) is 9.90 Å². The molecule has 0 aliphatic rings. The summed E-state index contributed by atoms with van der Waals surface area (Å²) in [7, 11) is 0. The summed E-state index contributed by atoms with van der Waals surface area (Å²) in [5.74, 6) is -0.719. The van der Waals surface area contributed by atoms with Crippen molar-refractivity contribution in [2.45, 2.75) is 12.8 Å². The van der Waals surface area contributed by atoms with E-state index in [-0.39, 0.29) is 17.2 Å². The van der Waals surface area contributed by atoms with Gasteiger partial charge in [0.1, 0.15) is 5.76 Å². The molecule has 20 heavy (non-hydrogen) atoms. The van der Waals surface area contributed by atoms with Crippen molar-refractivity contribution >= 4 is 11.7 Å². The topological polar surface area (TPSA) is 57.5 Å². The van der Waals surface area contributed by atoms with E-state index < -0.39 is 5.97 Å². The molecule has 0 aliphatic heterocycles. The molecule has 0 heterocycles. The van der Waals surface area contributed by atoms with E-state index in [2.05, 4.69) is 13.5 Å². The van der Waals surface area contributed by atoms with Gasteiger partial charge in [-0.25, -0.2) is 4.79 Å². The highest BCUT2D eigenvalue weighted by Crippen LogP contribution is 2.25. The fourth-order valence-electron chi connectivity index (χ4n) is 2.07. The molecule has 0 saturated heterocycles. The van der Waals surface area contributed by atoms with E-state index >= 15 is 0 Å². The smallest absolute Gasteiger partial charge is 0.335 e. The maximum Gasteiger partial charge on any atom is 0.335 e. The first-order valence-corrected chi connectivity index (χ1v) is 6.30. The molecule has 0 aliphatic carbocycles. The predicted octanol–water partition coefficient (Wildman–Crippen LogP) is 4.07. The van der Waals surface area contributed by atoms with Gasteiger partial charge in [0.05, 0.1) is 5.56 Å². The van der Waals surface area contributed by atoms with Crippen LogP contribution < -0.4 is 0 Å². The van der Waals surface area contributed by atoms with Crippen molar-refractivity contribution in [3.8, 4) is 0 Å². The lowest BCUT2D eigenvalue weighted by atomic mass is 9.92. The number of hydrogen-bond acceptors (Lipinski definition) is 2. The van der Waals surface area contributed by atoms with E-state index in [0.717, 1.165) is 11.1 Å². The number of carboxylic acids is 1. The third kappa shape index (κ3) is 2.88. The second-order valence-corrected chi connectivity index (χ2v) is 4.72. The zero-order valence-electron chi connectivity index (χ0n) is 11.2. The monoisotopic (exact) mass is 268 g/mol. The Kier molecular flexibility index (Phi) is 3.89. The summed E-state index contributed by atoms with van der Waals surface area (Å²) in [5.41, 5.74) is 3.12. The van der Waals surface area contributed by atoms with Crippen LogP contribution in [0.1, 0.15) is 39.9 Å². The first-order chi connectivity index (χ1) is 9.49. The molecule has 0 saturated carbocycles. The van der Waals surface area contributed by atoms with Crippen LogP contribution in [0.3, 0.4) is 0 Å². The van der Waals surface area contributed by atoms with E-state index in [1.807, 2.05) is 36.4 Å². The third-order valence-corrected chi connectivity index (χ3v) is 3.40. The second-order valence-electron chi connectivity index (χ2n) is 4.72. The quantitative estimate of drug-likeness (QED) is 0.822. The van der Waals surface area contributed by atoms with Gasteiger partial charge >= 0.3 is 5.97 Å². The van der Waals surface area contributed by atoms with Crippen LogP contribution in [0.4, 0.5) is 0 Å². The lowest BCUT2D eigenvalue weighted by molar-refractivity contribution is 0.0697. The number of hydrogen-bond donors (Lipinski definition) is 2. The molecule has 0 fully saturated rings. The molecule has 1 unspecified atom stereocenters. The first-order valence-electron chi connectivity index (χ1n) is 6.30. The van der Waals surface area contributed by atoms with E-state index in [0.29, 0.717) is 5.56 Å². The Morgan fingerprint density at radius 1 is 0.900 bits per heavy atom. The van der Waals surface area contributed by atoms with Gasteiger partial charge in [0, 0.05) is 11.5 Å². The predicted molar refractivity (Wildman–Crippen MR) is 79.0 cm³/mol. The van der Waals surface area contributed by atoms with Crippen LogP contribution >= 0.6 is 0 Å². The maximum absolute atomic E-state index is 10.8. The molecular formula is C17H16O3. The number of carbonyl (C=O) groups is 1. The summed E-state index contributed by atoms with van der Waals surface area (Å²) in [5, 5.41) is 18.2. The summed E-state index contributed by atoms with van der Waals surface area (Å²) in [6.45, 7) is 5.54. The molecule has 0 spiro atoms. The van der Waals surface area contributed by atoms with Crippen LogP contribution in [-0.2, 0) is 0 Å². The molecule has 0 radical (unpaired) electrons. The summed E-state index contributed by atoms with van der Waals surface area (Å²) >= 11 is 0. The summed E-state index contributed by atoms with van der Waals surface area (Å²) in [4.78, 5) is 10.8. The highest BCUT2D eigenvalue weighted by atomic mass is 16.4. The Balaban J connectivity index is 2.24. The molecule has 2 aromatic carbocycles. The van der Waals surface area contributed by atoms with Gasteiger partial charge in [-0.3, -0.25) is 0 Å². The average Bonchev–Trinajstić information content (AvgIpc) is 2.46. The number of rotatable bonds is 4. The number of benzene rings is 2. The van der Waals surface area contributed by atoms with Gasteiger partial charge in [0.25, 0.3) is 0 Å². The van der Waals surface area contributed by atoms with Crippen LogP contribution in [0, 0.1) is 0 Å². The number of aromatic carboxylic acids is 1. The van der Waals surface area contributed by atoms with Crippen molar-refractivity contribution in [1.29, 1.82) is 0 Å². The minimum atomic E-state index is -0.921. The molecule has 2 rings (SSSR count). The molecular weight excluding hydrogens is 252 g/mol. The Morgan fingerprint density at radius 2 is 1.30 bits per heavy atom. The Bertz CT molecular complexity index is 567. The minimum absolute atomic E-state index is 0.0509. The molecule has 2 aromatic rings. The molecule has 102 valence electrons. The van der Waals surface area contributed by atoms with Crippen molar-refractivity contribution in [3.63, 3.8) is 0 Å². The zero-order valence-corrected chi connectivity index (χ0v) is 11.2. The van der Waals surface area contributed by atoms with Crippen LogP contribution in [0.15, 0.2) is 55.1 Å². The number of aliphatic hydroxyl groups excluding tert-OH is 1. The lowest BCUT2D eigenvalue weighted by Gasteiger charge is -2.13. The normalized spacial score (nSPS) is 11.8. The molecule has 3 heteroatoms. The lowest BCUT2D eigenvalue weighted by Crippen LogP contribution is -1.99. The van der Waals surface area contributed by atoms with Crippen LogP contribution in [0.25, 0.3) is 5.76 Å². The van der Waals surface area contributed by atoms with Crippen molar-refractivity contribution < 1.29 is 15.0 Å². The van der Waals surface area contributed by atoms with Crippen LogP contribution in [-0.4, -0.2) is 16.2 Å². The zero-order chi connectivity index (χ0) is 14.7. The third-order valence-electron chi connectivity index (χ3n) is 3.40. The molecule has 1 atom stereocenters. The largest absolute Gasteiger partial charge is 0.508 e. The van der Waals surface area contributed by atoms with Gasteiger partial charge in [0.2, 0.25) is 0 Å². The highest BCUT2D eigenvalue weighted by molar-refractivity contribution is 5.87. The molecule has 3 nitrogen and oxygen atoms in total. The minimum Gasteiger partial charge on any atom is -0.508 e. The highest BCUT2D eigenvalue weighted by Gasteiger charge is 2.10. The van der Waals surface area contributed by atoms with Gasteiger partial charge in [-0.15, -0.1) is 0 Å². The number of aliphatic hydroxyl groups is 1. The summed E-state index contributed by atoms with van der Waals surface area (Å²) < 4.78 is 0. The van der Waals surface area contributed by atoms with Crippen molar-refractivity contribution in [3.05, 3.63) is 77.4 Å². The standard InChI is InChI=1S/C17H16O3/c1-11(13-3-7-15(8-4-13)12(2)18)14-5-9-16(10-6-14)17(19)20/h3-11,18H,2H2,1H3,(H,19,20). The molecule has 0 amide bonds. The Labute approximate surface area is 117 Å². The number of carboxylic acid groups (broad SMARTS) is 1. The van der Waals surface area contributed by atoms with Crippen molar-refractivity contribution in [2.24, 2.45) is 0 Å². The fraction of sp³-hybridized carbons (Fsp3) is 0.118. The van der Waals surface area contributed by atoms with E-state index in [1.165, 1.54) is 0 Å². The first kappa shape index (κ1) is 13.9. The maximum atomic E-state index is 10.8. The van der Waals surface area contributed by atoms with E-state index in [1.54, 1.807) is 12.1 Å².